The third-order valence-electron chi connectivity index (χ3n) is 4.21. The first kappa shape index (κ1) is 12.2. The normalized spacial score (nSPS) is 28.2. The summed E-state index contributed by atoms with van der Waals surface area (Å²) < 4.78 is 1.89. The van der Waals surface area contributed by atoms with E-state index in [9.17, 15) is 0 Å². The van der Waals surface area contributed by atoms with E-state index in [2.05, 4.69) is 25.2 Å². The van der Waals surface area contributed by atoms with Gasteiger partial charge in [0.1, 0.15) is 11.8 Å². The minimum Gasteiger partial charge on any atom is -0.342 e. The zero-order valence-electron chi connectivity index (χ0n) is 10.9. The Labute approximate surface area is 103 Å². The molecule has 3 nitrogen and oxygen atoms in total. The van der Waals surface area contributed by atoms with Crippen molar-refractivity contribution in [2.45, 2.75) is 39.3 Å². The highest BCUT2D eigenvalue weighted by Crippen LogP contribution is 2.31. The fraction of sp³-hybridized carbons (Fsp3) is 0.643. The van der Waals surface area contributed by atoms with E-state index in [1.54, 1.807) is 0 Å². The molecule has 0 amide bonds. The lowest BCUT2D eigenvalue weighted by molar-refractivity contribution is 0.370. The molecule has 1 heterocycles. The van der Waals surface area contributed by atoms with Crippen LogP contribution in [0.1, 0.15) is 37.9 Å². The third kappa shape index (κ3) is 2.53. The molecular formula is C14H21N3. The van der Waals surface area contributed by atoms with Crippen molar-refractivity contribution in [3.63, 3.8) is 0 Å². The number of nitrogens with zero attached hydrogens (tertiary/aromatic N) is 2. The topological polar surface area (TPSA) is 40.8 Å². The molecule has 0 saturated heterocycles. The predicted octanol–water partition coefficient (Wildman–Crippen LogP) is 2.42. The summed E-state index contributed by atoms with van der Waals surface area (Å²) in [6.07, 6.45) is 4.64. The average molecular weight is 231 g/mol. The SMILES string of the molecule is CC1CCC(NCc2cc(C#N)n(C)c2)C1C. The molecule has 0 aromatic carbocycles. The molecule has 3 unspecified atom stereocenters. The van der Waals surface area contributed by atoms with Crippen LogP contribution in [0.15, 0.2) is 12.3 Å². The minimum absolute atomic E-state index is 0.635. The molecule has 3 atom stereocenters. The van der Waals surface area contributed by atoms with Gasteiger partial charge in [-0.25, -0.2) is 0 Å². The fourth-order valence-electron chi connectivity index (χ4n) is 2.74. The van der Waals surface area contributed by atoms with Crippen molar-refractivity contribution < 1.29 is 0 Å². The number of aromatic nitrogens is 1. The van der Waals surface area contributed by atoms with Gasteiger partial charge in [-0.1, -0.05) is 13.8 Å². The summed E-state index contributed by atoms with van der Waals surface area (Å²) in [4.78, 5) is 0. The van der Waals surface area contributed by atoms with Gasteiger partial charge in [-0.05, 0) is 36.3 Å². The Bertz CT molecular complexity index is 427. The zero-order valence-corrected chi connectivity index (χ0v) is 10.9. The maximum Gasteiger partial charge on any atom is 0.120 e. The Morgan fingerprint density at radius 2 is 2.24 bits per heavy atom. The van der Waals surface area contributed by atoms with Crippen LogP contribution in [0.3, 0.4) is 0 Å². The van der Waals surface area contributed by atoms with Gasteiger partial charge in [0, 0.05) is 25.8 Å². The van der Waals surface area contributed by atoms with Crippen molar-refractivity contribution in [2.75, 3.05) is 0 Å². The molecule has 1 fully saturated rings. The van der Waals surface area contributed by atoms with Gasteiger partial charge in [0.15, 0.2) is 0 Å². The molecule has 0 spiro atoms. The van der Waals surface area contributed by atoms with Crippen molar-refractivity contribution in [2.24, 2.45) is 18.9 Å². The summed E-state index contributed by atoms with van der Waals surface area (Å²) in [5, 5.41) is 12.5. The van der Waals surface area contributed by atoms with Crippen LogP contribution in [0.5, 0.6) is 0 Å². The smallest absolute Gasteiger partial charge is 0.120 e. The molecule has 3 heteroatoms. The Kier molecular flexibility index (Phi) is 3.54. The van der Waals surface area contributed by atoms with E-state index in [0.29, 0.717) is 6.04 Å². The minimum atomic E-state index is 0.635. The molecule has 2 rings (SSSR count). The third-order valence-corrected chi connectivity index (χ3v) is 4.21. The van der Waals surface area contributed by atoms with Crippen LogP contribution < -0.4 is 5.32 Å². The molecule has 1 aromatic rings. The van der Waals surface area contributed by atoms with Crippen molar-refractivity contribution in [1.29, 1.82) is 5.26 Å². The van der Waals surface area contributed by atoms with Crippen LogP contribution in [-0.4, -0.2) is 10.6 Å². The largest absolute Gasteiger partial charge is 0.342 e. The zero-order chi connectivity index (χ0) is 12.4. The van der Waals surface area contributed by atoms with E-state index in [1.807, 2.05) is 23.9 Å². The highest BCUT2D eigenvalue weighted by atomic mass is 15.0. The lowest BCUT2D eigenvalue weighted by Gasteiger charge is -2.19. The quantitative estimate of drug-likeness (QED) is 0.868. The molecule has 1 aromatic heterocycles. The maximum absolute atomic E-state index is 8.90. The van der Waals surface area contributed by atoms with Gasteiger partial charge in [-0.2, -0.15) is 5.26 Å². The Morgan fingerprint density at radius 1 is 1.47 bits per heavy atom. The summed E-state index contributed by atoms with van der Waals surface area (Å²) in [7, 11) is 1.92. The van der Waals surface area contributed by atoms with Crippen molar-refractivity contribution in [3.8, 4) is 6.07 Å². The second-order valence-corrected chi connectivity index (χ2v) is 5.36. The van der Waals surface area contributed by atoms with Crippen LogP contribution in [0.2, 0.25) is 0 Å². The summed E-state index contributed by atoms with van der Waals surface area (Å²) in [5.41, 5.74) is 1.94. The number of hydrogen-bond donors (Lipinski definition) is 1. The predicted molar refractivity (Wildman–Crippen MR) is 68.3 cm³/mol. The number of aryl methyl sites for hydroxylation is 1. The lowest BCUT2D eigenvalue weighted by Crippen LogP contribution is -2.31. The Hall–Kier alpha value is -1.27. The highest BCUT2D eigenvalue weighted by Gasteiger charge is 2.29. The van der Waals surface area contributed by atoms with E-state index in [4.69, 9.17) is 5.26 Å². The summed E-state index contributed by atoms with van der Waals surface area (Å²) in [6, 6.07) is 4.80. The number of hydrogen-bond acceptors (Lipinski definition) is 2. The first-order chi connectivity index (χ1) is 8.11. The van der Waals surface area contributed by atoms with Crippen LogP contribution in [-0.2, 0) is 13.6 Å². The van der Waals surface area contributed by atoms with E-state index >= 15 is 0 Å². The molecule has 17 heavy (non-hydrogen) atoms. The molecule has 1 N–H and O–H groups in total. The van der Waals surface area contributed by atoms with E-state index < -0.39 is 0 Å². The Morgan fingerprint density at radius 3 is 2.76 bits per heavy atom. The van der Waals surface area contributed by atoms with Crippen LogP contribution in [0.25, 0.3) is 0 Å². The van der Waals surface area contributed by atoms with Crippen LogP contribution in [0, 0.1) is 23.2 Å². The monoisotopic (exact) mass is 231 g/mol. The van der Waals surface area contributed by atoms with Crippen LogP contribution >= 0.6 is 0 Å². The van der Waals surface area contributed by atoms with Crippen LogP contribution in [0.4, 0.5) is 0 Å². The summed E-state index contributed by atoms with van der Waals surface area (Å²) in [6.45, 7) is 5.54. The van der Waals surface area contributed by atoms with Gasteiger partial charge < -0.3 is 9.88 Å². The highest BCUT2D eigenvalue weighted by molar-refractivity contribution is 5.28. The number of rotatable bonds is 3. The average Bonchev–Trinajstić information content (AvgIpc) is 2.82. The van der Waals surface area contributed by atoms with E-state index in [1.165, 1.54) is 18.4 Å². The van der Waals surface area contributed by atoms with Crippen molar-refractivity contribution in [1.82, 2.24) is 9.88 Å². The fourth-order valence-corrected chi connectivity index (χ4v) is 2.74. The molecule has 0 bridgehead atoms. The van der Waals surface area contributed by atoms with Gasteiger partial charge in [-0.3, -0.25) is 0 Å². The molecule has 1 aliphatic carbocycles. The maximum atomic E-state index is 8.90. The van der Waals surface area contributed by atoms with Crippen molar-refractivity contribution >= 4 is 0 Å². The molecule has 1 aliphatic rings. The lowest BCUT2D eigenvalue weighted by atomic mass is 9.98. The van der Waals surface area contributed by atoms with Crippen molar-refractivity contribution in [3.05, 3.63) is 23.5 Å². The standard InChI is InChI=1S/C14H21N3/c1-10-4-5-14(11(10)2)16-8-12-6-13(7-15)17(3)9-12/h6,9-11,14,16H,4-5,8H2,1-3H3. The molecule has 0 aliphatic heterocycles. The second kappa shape index (κ2) is 4.93. The number of nitrogens with one attached hydrogen (secondary N) is 1. The van der Waals surface area contributed by atoms with Gasteiger partial charge in [0.25, 0.3) is 0 Å². The van der Waals surface area contributed by atoms with E-state index in [-0.39, 0.29) is 0 Å². The Balaban J connectivity index is 1.92. The van der Waals surface area contributed by atoms with E-state index in [0.717, 1.165) is 24.1 Å². The summed E-state index contributed by atoms with van der Waals surface area (Å²) in [5.74, 6) is 1.59. The molecule has 1 saturated carbocycles. The van der Waals surface area contributed by atoms with Gasteiger partial charge in [0.05, 0.1) is 0 Å². The first-order valence-electron chi connectivity index (χ1n) is 6.40. The molecular weight excluding hydrogens is 210 g/mol. The van der Waals surface area contributed by atoms with Gasteiger partial charge in [0.2, 0.25) is 0 Å². The second-order valence-electron chi connectivity index (χ2n) is 5.36. The van der Waals surface area contributed by atoms with Gasteiger partial charge >= 0.3 is 0 Å². The summed E-state index contributed by atoms with van der Waals surface area (Å²) >= 11 is 0. The molecule has 0 radical (unpaired) electrons. The number of nitriles is 1. The molecule has 92 valence electrons. The van der Waals surface area contributed by atoms with Gasteiger partial charge in [-0.15, -0.1) is 0 Å². The first-order valence-corrected chi connectivity index (χ1v) is 6.40.